The molecule has 0 unspecified atom stereocenters. The van der Waals surface area contributed by atoms with Gasteiger partial charge in [0.2, 0.25) is 0 Å². The van der Waals surface area contributed by atoms with Gasteiger partial charge in [-0.1, -0.05) is 0 Å². The average Bonchev–Trinajstić information content (AvgIpc) is 1.66. The second-order valence-corrected chi connectivity index (χ2v) is 1.04. The summed E-state index contributed by atoms with van der Waals surface area (Å²) in [5.74, 6) is -1.67. The Morgan fingerprint density at radius 2 is 0.917 bits per heavy atom. The quantitative estimate of drug-likeness (QED) is 0.250. The van der Waals surface area contributed by atoms with Crippen molar-refractivity contribution in [3.8, 4) is 0 Å². The molecule has 6 nitrogen and oxygen atoms in total. The predicted octanol–water partition coefficient (Wildman–Crippen LogP) is -0.112. The molecule has 0 fully saturated rings. The zero-order valence-corrected chi connectivity index (χ0v) is 9.85. The summed E-state index contributed by atoms with van der Waals surface area (Å²) in [5, 5.41) is 26.8. The first-order chi connectivity index (χ1) is 4.46. The molecular weight excluding hydrogens is 193 g/mol. The molecule has 0 bridgehead atoms. The minimum absolute atomic E-state index is 0. The number of carbonyl (C=O) groups is 2. The van der Waals surface area contributed by atoms with Gasteiger partial charge in [0.25, 0.3) is 11.9 Å². The van der Waals surface area contributed by atoms with Gasteiger partial charge in [-0.15, -0.1) is 0 Å². The van der Waals surface area contributed by atoms with Gasteiger partial charge < -0.3 is 15.9 Å². The van der Waals surface area contributed by atoms with E-state index in [9.17, 15) is 0 Å². The van der Waals surface area contributed by atoms with E-state index in [1.807, 2.05) is 0 Å². The number of rotatable bonds is 0. The van der Waals surface area contributed by atoms with Gasteiger partial charge in [0.05, 0.1) is 0 Å². The zero-order chi connectivity index (χ0) is 9.15. The minimum atomic E-state index is -0.833. The van der Waals surface area contributed by atoms with Crippen LogP contribution in [0.2, 0.25) is 0 Å². The second-order valence-electron chi connectivity index (χ2n) is 1.04. The van der Waals surface area contributed by atoms with Crippen LogP contribution in [-0.4, -0.2) is 78.8 Å². The standard InChI is InChI=1S/2C2H4O2.2Mg.H2O2.4H/c2*1-2(3)4;;;1-2;;;;/h2*1H3,(H,3,4);;;1-2H;;;;/q;;2*+2;;4*-1. The van der Waals surface area contributed by atoms with Gasteiger partial charge in [-0.2, -0.15) is 0 Å². The zero-order valence-electron chi connectivity index (χ0n) is 11.0. The van der Waals surface area contributed by atoms with Gasteiger partial charge in [0, 0.05) is 13.8 Å². The van der Waals surface area contributed by atoms with Crippen LogP contribution in [0.1, 0.15) is 19.6 Å². The summed E-state index contributed by atoms with van der Waals surface area (Å²) in [6, 6.07) is 0. The monoisotopic (exact) mass is 206 g/mol. The van der Waals surface area contributed by atoms with E-state index in [-0.39, 0.29) is 51.8 Å². The first-order valence-electron chi connectivity index (χ1n) is 2.06. The molecular formula is C4H14Mg2O6. The Bertz CT molecular complexity index is 88.5. The molecule has 70 valence electrons. The molecule has 0 amide bonds. The number of carboxylic acid groups (broad SMARTS) is 2. The minimum Gasteiger partial charge on any atom is -1.00 e. The van der Waals surface area contributed by atoms with Crippen LogP contribution >= 0.6 is 0 Å². The van der Waals surface area contributed by atoms with Crippen LogP contribution < -0.4 is 0 Å². The van der Waals surface area contributed by atoms with Crippen LogP contribution in [0.5, 0.6) is 0 Å². The van der Waals surface area contributed by atoms with E-state index in [1.54, 1.807) is 0 Å². The van der Waals surface area contributed by atoms with Crippen LogP contribution in [0, 0.1) is 0 Å². The maximum atomic E-state index is 9.00. The summed E-state index contributed by atoms with van der Waals surface area (Å²) < 4.78 is 0. The van der Waals surface area contributed by atoms with Gasteiger partial charge in [0.1, 0.15) is 0 Å². The normalized spacial score (nSPS) is 4.67. The van der Waals surface area contributed by atoms with Crippen LogP contribution in [-0.2, 0) is 9.59 Å². The van der Waals surface area contributed by atoms with Gasteiger partial charge >= 0.3 is 46.1 Å². The maximum Gasteiger partial charge on any atom is 2.00 e. The van der Waals surface area contributed by atoms with Crippen molar-refractivity contribution in [1.82, 2.24) is 0 Å². The van der Waals surface area contributed by atoms with E-state index in [0.29, 0.717) is 0 Å². The van der Waals surface area contributed by atoms with E-state index in [0.717, 1.165) is 13.8 Å². The third-order valence-corrected chi connectivity index (χ3v) is 0. The van der Waals surface area contributed by atoms with Crippen molar-refractivity contribution >= 4 is 58.0 Å². The molecule has 0 aromatic heterocycles. The predicted molar refractivity (Wildman–Crippen MR) is 47.8 cm³/mol. The third kappa shape index (κ3) is 5950. The molecule has 8 heteroatoms. The SMILES string of the molecule is CC(=O)O.CC(=O)O.OO.[H-].[H-].[H-].[H-].[Mg+2].[Mg+2]. The molecule has 0 aliphatic heterocycles. The van der Waals surface area contributed by atoms with Gasteiger partial charge in [-0.3, -0.25) is 20.1 Å². The fraction of sp³-hybridized carbons (Fsp3) is 0.500. The van der Waals surface area contributed by atoms with E-state index < -0.39 is 11.9 Å². The molecule has 4 N–H and O–H groups in total. The Kier molecular flexibility index (Phi) is 73.9. The maximum absolute atomic E-state index is 9.00. The Labute approximate surface area is 108 Å². The summed E-state index contributed by atoms with van der Waals surface area (Å²) in [4.78, 5) is 18.0. The van der Waals surface area contributed by atoms with Crippen molar-refractivity contribution in [1.29, 1.82) is 0 Å². The number of hydrogen-bond donors (Lipinski definition) is 4. The molecule has 0 aromatic carbocycles. The van der Waals surface area contributed by atoms with E-state index in [2.05, 4.69) is 0 Å². The number of hydrogen-bond acceptors (Lipinski definition) is 4. The summed E-state index contributed by atoms with van der Waals surface area (Å²) in [7, 11) is 0. The fourth-order valence-corrected chi connectivity index (χ4v) is 0. The Balaban J connectivity index is -0.00000000571. The average molecular weight is 207 g/mol. The fourth-order valence-electron chi connectivity index (χ4n) is 0. The molecule has 0 saturated carbocycles. The number of carboxylic acids is 2. The van der Waals surface area contributed by atoms with Gasteiger partial charge in [0.15, 0.2) is 0 Å². The molecule has 0 aliphatic carbocycles. The molecule has 0 saturated heterocycles. The van der Waals surface area contributed by atoms with E-state index in [1.165, 1.54) is 0 Å². The van der Waals surface area contributed by atoms with Crippen molar-refractivity contribution < 1.29 is 36.0 Å². The van der Waals surface area contributed by atoms with Crippen LogP contribution in [0.3, 0.4) is 0 Å². The summed E-state index contributed by atoms with van der Waals surface area (Å²) in [5.41, 5.74) is 0. The van der Waals surface area contributed by atoms with Crippen molar-refractivity contribution in [3.05, 3.63) is 0 Å². The third-order valence-electron chi connectivity index (χ3n) is 0. The van der Waals surface area contributed by atoms with Crippen molar-refractivity contribution in [2.24, 2.45) is 0 Å². The molecule has 0 rings (SSSR count). The summed E-state index contributed by atoms with van der Waals surface area (Å²) >= 11 is 0. The van der Waals surface area contributed by atoms with Gasteiger partial charge in [-0.05, 0) is 0 Å². The van der Waals surface area contributed by atoms with Crippen LogP contribution in [0.25, 0.3) is 0 Å². The first kappa shape index (κ1) is 29.4. The number of aliphatic carboxylic acids is 2. The Hall–Kier alpha value is 0.392. The molecule has 0 spiro atoms. The largest absolute Gasteiger partial charge is 2.00 e. The van der Waals surface area contributed by atoms with E-state index in [4.69, 9.17) is 30.3 Å². The van der Waals surface area contributed by atoms with Crippen molar-refractivity contribution in [2.45, 2.75) is 13.8 Å². The topological polar surface area (TPSA) is 115 Å². The smallest absolute Gasteiger partial charge is 1.00 e. The Morgan fingerprint density at radius 3 is 0.917 bits per heavy atom. The van der Waals surface area contributed by atoms with Crippen molar-refractivity contribution in [3.63, 3.8) is 0 Å². The molecule has 0 atom stereocenters. The van der Waals surface area contributed by atoms with Crippen molar-refractivity contribution in [2.75, 3.05) is 0 Å². The molecule has 0 aliphatic rings. The molecule has 0 radical (unpaired) electrons. The second kappa shape index (κ2) is 30.1. The van der Waals surface area contributed by atoms with E-state index >= 15 is 0 Å². The Morgan fingerprint density at radius 1 is 0.917 bits per heavy atom. The molecule has 0 heterocycles. The summed E-state index contributed by atoms with van der Waals surface area (Å²) in [6.07, 6.45) is 0. The van der Waals surface area contributed by atoms with Crippen LogP contribution in [0.15, 0.2) is 0 Å². The van der Waals surface area contributed by atoms with Gasteiger partial charge in [-0.25, -0.2) is 0 Å². The molecule has 0 aromatic rings. The summed E-state index contributed by atoms with van der Waals surface area (Å²) in [6.45, 7) is 2.17. The first-order valence-corrected chi connectivity index (χ1v) is 2.06. The molecule has 12 heavy (non-hydrogen) atoms. The van der Waals surface area contributed by atoms with Crippen LogP contribution in [0.4, 0.5) is 0 Å².